The summed E-state index contributed by atoms with van der Waals surface area (Å²) in [7, 11) is -1.66. The maximum atomic E-state index is 11.5. The van der Waals surface area contributed by atoms with E-state index in [2.05, 4.69) is 9.82 Å². The zero-order valence-electron chi connectivity index (χ0n) is 14.8. The van der Waals surface area contributed by atoms with Gasteiger partial charge in [-0.05, 0) is 30.7 Å². The van der Waals surface area contributed by atoms with Crippen molar-refractivity contribution in [3.63, 3.8) is 0 Å². The lowest BCUT2D eigenvalue weighted by molar-refractivity contribution is 0.0187. The van der Waals surface area contributed by atoms with E-state index in [9.17, 15) is 8.42 Å². The Morgan fingerprint density at radius 2 is 2.08 bits per heavy atom. The van der Waals surface area contributed by atoms with Crippen molar-refractivity contribution < 1.29 is 22.6 Å². The zero-order chi connectivity index (χ0) is 18.6. The van der Waals surface area contributed by atoms with Gasteiger partial charge in [0.05, 0.1) is 44.7 Å². The average Bonchev–Trinajstić information content (AvgIpc) is 3.09. The van der Waals surface area contributed by atoms with Gasteiger partial charge in [-0.1, -0.05) is 0 Å². The summed E-state index contributed by atoms with van der Waals surface area (Å²) in [6, 6.07) is 7.32. The third-order valence-corrected chi connectivity index (χ3v) is 4.93. The third-order valence-electron chi connectivity index (χ3n) is 4.20. The van der Waals surface area contributed by atoms with Crippen molar-refractivity contribution >= 4 is 10.0 Å². The monoisotopic (exact) mass is 381 g/mol. The number of nitrogens with zero attached hydrogens (tertiary/aromatic N) is 2. The highest BCUT2D eigenvalue weighted by atomic mass is 32.2. The van der Waals surface area contributed by atoms with Gasteiger partial charge in [-0.3, -0.25) is 0 Å². The molecule has 2 aromatic rings. The summed E-state index contributed by atoms with van der Waals surface area (Å²) in [4.78, 5) is 0. The second kappa shape index (κ2) is 8.07. The van der Waals surface area contributed by atoms with Crippen molar-refractivity contribution in [3.8, 4) is 17.2 Å². The van der Waals surface area contributed by atoms with Crippen LogP contribution in [-0.2, 0) is 14.8 Å². The molecule has 1 aromatic carbocycles. The van der Waals surface area contributed by atoms with Gasteiger partial charge in [-0.15, -0.1) is 0 Å². The van der Waals surface area contributed by atoms with E-state index in [-0.39, 0.29) is 12.0 Å². The second-order valence-electron chi connectivity index (χ2n) is 6.25. The number of methoxy groups -OCH3 is 1. The lowest BCUT2D eigenvalue weighted by Gasteiger charge is -2.31. The van der Waals surface area contributed by atoms with Gasteiger partial charge in [0.2, 0.25) is 10.0 Å². The average molecular weight is 381 g/mol. The van der Waals surface area contributed by atoms with Crippen molar-refractivity contribution in [2.75, 3.05) is 33.2 Å². The number of hydrogen-bond donors (Lipinski definition) is 1. The number of nitrogens with one attached hydrogen (secondary N) is 1. The Bertz CT molecular complexity index is 819. The van der Waals surface area contributed by atoms with E-state index in [4.69, 9.17) is 14.2 Å². The van der Waals surface area contributed by atoms with Gasteiger partial charge in [-0.2, -0.15) is 5.10 Å². The van der Waals surface area contributed by atoms with Gasteiger partial charge in [0.1, 0.15) is 5.75 Å². The van der Waals surface area contributed by atoms with Crippen molar-refractivity contribution in [2.45, 2.75) is 12.5 Å². The number of benzene rings is 1. The molecule has 9 heteroatoms. The van der Waals surface area contributed by atoms with Crippen LogP contribution in [0.25, 0.3) is 5.69 Å². The van der Waals surface area contributed by atoms with Gasteiger partial charge in [-0.25, -0.2) is 17.8 Å². The first-order chi connectivity index (χ1) is 12.4. The molecule has 1 saturated heterocycles. The smallest absolute Gasteiger partial charge is 0.208 e. The highest BCUT2D eigenvalue weighted by Gasteiger charge is 2.28. The first-order valence-corrected chi connectivity index (χ1v) is 10.2. The molecule has 0 saturated carbocycles. The number of ether oxygens (including phenoxy) is 3. The number of sulfonamides is 1. The van der Waals surface area contributed by atoms with E-state index in [1.54, 1.807) is 24.2 Å². The summed E-state index contributed by atoms with van der Waals surface area (Å²) in [6.45, 7) is 1.40. The zero-order valence-corrected chi connectivity index (χ0v) is 15.6. The molecule has 0 amide bonds. The molecule has 1 N–H and O–H groups in total. The predicted molar refractivity (Wildman–Crippen MR) is 96.3 cm³/mol. The summed E-state index contributed by atoms with van der Waals surface area (Å²) in [5, 5.41) is 4.22. The second-order valence-corrected chi connectivity index (χ2v) is 8.03. The molecule has 1 aliphatic rings. The largest absolute Gasteiger partial charge is 0.493 e. The van der Waals surface area contributed by atoms with Crippen LogP contribution in [0.5, 0.6) is 11.5 Å². The van der Waals surface area contributed by atoms with Crippen LogP contribution in [0.4, 0.5) is 0 Å². The summed E-state index contributed by atoms with van der Waals surface area (Å²) in [6.07, 6.45) is 5.24. The molecule has 0 aliphatic carbocycles. The Hall–Kier alpha value is -2.10. The molecule has 8 nitrogen and oxygen atoms in total. The van der Waals surface area contributed by atoms with Crippen LogP contribution < -0.4 is 14.2 Å². The number of hydrogen-bond acceptors (Lipinski definition) is 6. The molecule has 0 radical (unpaired) electrons. The molecule has 0 unspecified atom stereocenters. The first kappa shape index (κ1) is 18.7. The van der Waals surface area contributed by atoms with Crippen LogP contribution in [0, 0.1) is 5.92 Å². The molecule has 2 heterocycles. The maximum absolute atomic E-state index is 11.5. The summed E-state index contributed by atoms with van der Waals surface area (Å²) < 4.78 is 43.8. The van der Waals surface area contributed by atoms with Crippen LogP contribution in [-0.4, -0.2) is 57.4 Å². The molecular weight excluding hydrogens is 358 g/mol. The molecule has 1 aliphatic heterocycles. The minimum atomic E-state index is -3.26. The van der Waals surface area contributed by atoms with E-state index in [0.717, 1.165) is 5.69 Å². The fraction of sp³-hybridized carbons (Fsp3) is 0.471. The summed E-state index contributed by atoms with van der Waals surface area (Å²) in [5.41, 5.74) is 0.887. The van der Waals surface area contributed by atoms with Crippen LogP contribution in [0.3, 0.4) is 0 Å². The van der Waals surface area contributed by atoms with Crippen molar-refractivity contribution in [3.05, 3.63) is 36.7 Å². The molecule has 3 rings (SSSR count). The van der Waals surface area contributed by atoms with E-state index in [1.165, 1.54) is 6.26 Å². The molecular formula is C17H23N3O5S. The standard InChI is InChI=1S/C17H23N3O5S/c1-23-16-9-18-20(10-16)14-3-5-15(6-4-14)25-12-13-11-24-8-7-17(13)19-26(2,21)22/h3-6,9-10,13,17,19H,7-8,11-12H2,1-2H3/t13-,17+/m1/s1. The normalized spacial score (nSPS) is 20.7. The molecule has 0 bridgehead atoms. The Morgan fingerprint density at radius 3 is 2.73 bits per heavy atom. The molecule has 0 spiro atoms. The Balaban J connectivity index is 1.60. The van der Waals surface area contributed by atoms with Crippen LogP contribution in [0.2, 0.25) is 0 Å². The fourth-order valence-corrected chi connectivity index (χ4v) is 3.70. The van der Waals surface area contributed by atoms with Crippen LogP contribution >= 0.6 is 0 Å². The molecule has 26 heavy (non-hydrogen) atoms. The van der Waals surface area contributed by atoms with Gasteiger partial charge in [0.15, 0.2) is 5.75 Å². The van der Waals surface area contributed by atoms with Crippen LogP contribution in [0.1, 0.15) is 6.42 Å². The van der Waals surface area contributed by atoms with E-state index < -0.39 is 10.0 Å². The van der Waals surface area contributed by atoms with E-state index in [1.807, 2.05) is 24.3 Å². The quantitative estimate of drug-likeness (QED) is 0.775. The number of aromatic nitrogens is 2. The van der Waals surface area contributed by atoms with E-state index in [0.29, 0.717) is 37.7 Å². The minimum absolute atomic E-state index is 0.0338. The van der Waals surface area contributed by atoms with Gasteiger partial charge < -0.3 is 14.2 Å². The Morgan fingerprint density at radius 1 is 1.31 bits per heavy atom. The Labute approximate surface area is 153 Å². The topological polar surface area (TPSA) is 91.7 Å². The van der Waals surface area contributed by atoms with Gasteiger partial charge >= 0.3 is 0 Å². The fourth-order valence-electron chi connectivity index (χ4n) is 2.84. The van der Waals surface area contributed by atoms with Crippen molar-refractivity contribution in [1.82, 2.24) is 14.5 Å². The molecule has 2 atom stereocenters. The molecule has 1 fully saturated rings. The molecule has 1 aromatic heterocycles. The summed E-state index contributed by atoms with van der Waals surface area (Å²) >= 11 is 0. The summed E-state index contributed by atoms with van der Waals surface area (Å²) in [5.74, 6) is 1.36. The SMILES string of the molecule is COc1cnn(-c2ccc(OC[C@H]3COCC[C@@H]3NS(C)(=O)=O)cc2)c1. The first-order valence-electron chi connectivity index (χ1n) is 8.31. The third kappa shape index (κ3) is 4.96. The molecule has 142 valence electrons. The van der Waals surface area contributed by atoms with Crippen LogP contribution in [0.15, 0.2) is 36.7 Å². The lowest BCUT2D eigenvalue weighted by atomic mass is 9.98. The number of rotatable bonds is 7. The maximum Gasteiger partial charge on any atom is 0.208 e. The van der Waals surface area contributed by atoms with Gasteiger partial charge in [0.25, 0.3) is 0 Å². The van der Waals surface area contributed by atoms with E-state index >= 15 is 0 Å². The van der Waals surface area contributed by atoms with Crippen molar-refractivity contribution in [2.24, 2.45) is 5.92 Å². The minimum Gasteiger partial charge on any atom is -0.493 e. The predicted octanol–water partition coefficient (Wildman–Crippen LogP) is 1.21. The highest BCUT2D eigenvalue weighted by molar-refractivity contribution is 7.88. The lowest BCUT2D eigenvalue weighted by Crippen LogP contribution is -2.47. The highest BCUT2D eigenvalue weighted by Crippen LogP contribution is 2.20. The van der Waals surface area contributed by atoms with Gasteiger partial charge in [0, 0.05) is 18.6 Å². The van der Waals surface area contributed by atoms with Crippen molar-refractivity contribution in [1.29, 1.82) is 0 Å². The Kier molecular flexibility index (Phi) is 5.80.